The summed E-state index contributed by atoms with van der Waals surface area (Å²) in [6.45, 7) is 2.16. The lowest BCUT2D eigenvalue weighted by molar-refractivity contribution is 1.30. The van der Waals surface area contributed by atoms with Crippen LogP contribution in [0.4, 0.5) is 0 Å². The highest BCUT2D eigenvalue weighted by atomic mass is 31.2. The van der Waals surface area contributed by atoms with E-state index in [4.69, 9.17) is 0 Å². The Kier molecular flexibility index (Phi) is 5.70. The summed E-state index contributed by atoms with van der Waals surface area (Å²) in [7, 11) is -1.66. The molecule has 0 aliphatic carbocycles. The molecule has 0 atom stereocenters. The number of hydrogen-bond donors (Lipinski definition) is 0. The van der Waals surface area contributed by atoms with E-state index in [0.29, 0.717) is 0 Å². The van der Waals surface area contributed by atoms with E-state index in [0.717, 1.165) is 12.3 Å². The Bertz CT molecular complexity index is 951. The van der Waals surface area contributed by atoms with Crippen molar-refractivity contribution in [1.29, 1.82) is 0 Å². The van der Waals surface area contributed by atoms with Gasteiger partial charge in [0.15, 0.2) is 0 Å². The minimum atomic E-state index is -1.66. The minimum Gasteiger partial charge on any atom is -0.0622 e. The van der Waals surface area contributed by atoms with E-state index in [1.54, 1.807) is 0 Å². The summed E-state index contributed by atoms with van der Waals surface area (Å²) in [4.78, 5) is 0. The van der Waals surface area contributed by atoms with Gasteiger partial charge in [0.05, 0.1) is 30.2 Å². The van der Waals surface area contributed by atoms with Crippen molar-refractivity contribution in [3.05, 3.63) is 132 Å². The summed E-state index contributed by atoms with van der Waals surface area (Å²) in [5.41, 5.74) is 4.15. The molecule has 0 bridgehead atoms. The molecule has 138 valence electrons. The fraction of sp³-hybridized carbons (Fsp3) is 0.111. The van der Waals surface area contributed by atoms with Crippen LogP contribution in [0, 0.1) is 6.92 Å². The van der Waals surface area contributed by atoms with Crippen molar-refractivity contribution in [2.45, 2.75) is 19.2 Å². The van der Waals surface area contributed by atoms with Gasteiger partial charge in [-0.05, 0) is 42.3 Å². The molecule has 0 fully saturated rings. The van der Waals surface area contributed by atoms with Gasteiger partial charge in [-0.15, -0.1) is 0 Å². The van der Waals surface area contributed by atoms with Crippen molar-refractivity contribution in [2.75, 3.05) is 0 Å². The van der Waals surface area contributed by atoms with Crippen molar-refractivity contribution in [3.63, 3.8) is 0 Å². The van der Waals surface area contributed by atoms with Gasteiger partial charge in [-0.1, -0.05) is 96.6 Å². The van der Waals surface area contributed by atoms with E-state index in [1.807, 2.05) is 0 Å². The monoisotopic (exact) mass is 381 g/mol. The molecule has 0 N–H and O–H groups in total. The summed E-state index contributed by atoms with van der Waals surface area (Å²) in [6, 6.07) is 42.4. The molecule has 0 saturated heterocycles. The van der Waals surface area contributed by atoms with Crippen molar-refractivity contribution in [3.8, 4) is 0 Å². The molecule has 0 aliphatic heterocycles. The fourth-order valence-corrected chi connectivity index (χ4v) is 8.19. The van der Waals surface area contributed by atoms with Crippen LogP contribution in [0.5, 0.6) is 0 Å². The van der Waals surface area contributed by atoms with Gasteiger partial charge in [-0.25, -0.2) is 0 Å². The Morgan fingerprint density at radius 1 is 0.464 bits per heavy atom. The van der Waals surface area contributed by atoms with Crippen molar-refractivity contribution < 1.29 is 0 Å². The first-order chi connectivity index (χ1) is 13.8. The zero-order chi connectivity index (χ0) is 19.2. The van der Waals surface area contributed by atoms with Crippen LogP contribution in [0.1, 0.15) is 16.7 Å². The Morgan fingerprint density at radius 2 is 0.857 bits per heavy atom. The normalized spacial score (nSPS) is 11.3. The van der Waals surface area contributed by atoms with E-state index in [1.165, 1.54) is 27.3 Å². The molecular formula is C27H26P+. The van der Waals surface area contributed by atoms with Gasteiger partial charge in [-0.3, -0.25) is 0 Å². The molecule has 4 aromatic rings. The summed E-state index contributed by atoms with van der Waals surface area (Å²) in [5, 5.41) is 2.95. The third-order valence-corrected chi connectivity index (χ3v) is 9.75. The third kappa shape index (κ3) is 4.08. The third-order valence-electron chi connectivity index (χ3n) is 5.37. The van der Waals surface area contributed by atoms with Gasteiger partial charge >= 0.3 is 0 Å². The SMILES string of the molecule is Cc1ccc(C[P+](Cc2ccccc2)(c2ccccc2)c2ccccc2)cc1. The van der Waals surface area contributed by atoms with Gasteiger partial charge < -0.3 is 0 Å². The molecule has 28 heavy (non-hydrogen) atoms. The average Bonchev–Trinajstić information content (AvgIpc) is 2.77. The zero-order valence-corrected chi connectivity index (χ0v) is 17.2. The van der Waals surface area contributed by atoms with Gasteiger partial charge in [0.1, 0.15) is 0 Å². The molecule has 4 rings (SSSR count). The Hall–Kier alpha value is -2.69. The van der Waals surface area contributed by atoms with Crippen molar-refractivity contribution >= 4 is 17.9 Å². The maximum atomic E-state index is 2.33. The van der Waals surface area contributed by atoms with Crippen LogP contribution >= 0.6 is 7.26 Å². The second-order valence-corrected chi connectivity index (χ2v) is 11.0. The van der Waals surface area contributed by atoms with Gasteiger partial charge in [-0.2, -0.15) is 0 Å². The van der Waals surface area contributed by atoms with E-state index in [-0.39, 0.29) is 0 Å². The van der Waals surface area contributed by atoms with E-state index in [2.05, 4.69) is 122 Å². The molecule has 0 aliphatic rings. The molecule has 0 heterocycles. The summed E-state index contributed by atoms with van der Waals surface area (Å²) >= 11 is 0. The second-order valence-electron chi connectivity index (χ2n) is 7.43. The number of benzene rings is 4. The quantitative estimate of drug-likeness (QED) is 0.341. The van der Waals surface area contributed by atoms with Crippen molar-refractivity contribution in [2.24, 2.45) is 0 Å². The molecule has 0 radical (unpaired) electrons. The highest BCUT2D eigenvalue weighted by molar-refractivity contribution is 7.88. The number of rotatable bonds is 6. The molecule has 0 unspecified atom stereocenters. The van der Waals surface area contributed by atoms with Gasteiger partial charge in [0.25, 0.3) is 0 Å². The maximum absolute atomic E-state index is 2.33. The van der Waals surface area contributed by atoms with Crippen LogP contribution in [0.15, 0.2) is 115 Å². The van der Waals surface area contributed by atoms with Crippen LogP contribution in [0.25, 0.3) is 0 Å². The molecule has 0 saturated carbocycles. The fourth-order valence-electron chi connectivity index (χ4n) is 3.90. The smallest absolute Gasteiger partial charge is 0.0622 e. The largest absolute Gasteiger partial charge is 0.0999 e. The lowest BCUT2D eigenvalue weighted by atomic mass is 10.2. The molecule has 0 spiro atoms. The lowest BCUT2D eigenvalue weighted by Gasteiger charge is -2.28. The summed E-state index contributed by atoms with van der Waals surface area (Å²) in [6.07, 6.45) is 2.16. The van der Waals surface area contributed by atoms with Crippen LogP contribution in [-0.4, -0.2) is 0 Å². The van der Waals surface area contributed by atoms with Gasteiger partial charge in [0, 0.05) is 0 Å². The number of aryl methyl sites for hydroxylation is 1. The van der Waals surface area contributed by atoms with Crippen LogP contribution in [0.2, 0.25) is 0 Å². The Balaban J connectivity index is 1.89. The molecular weight excluding hydrogens is 355 g/mol. The van der Waals surface area contributed by atoms with Crippen LogP contribution in [0.3, 0.4) is 0 Å². The zero-order valence-electron chi connectivity index (χ0n) is 16.3. The molecule has 0 aromatic heterocycles. The number of hydrogen-bond acceptors (Lipinski definition) is 0. The predicted molar refractivity (Wildman–Crippen MR) is 124 cm³/mol. The van der Waals surface area contributed by atoms with Crippen LogP contribution in [-0.2, 0) is 12.3 Å². The minimum absolute atomic E-state index is 1.08. The maximum Gasteiger partial charge on any atom is 0.0999 e. The molecule has 0 nitrogen and oxygen atoms in total. The van der Waals surface area contributed by atoms with E-state index in [9.17, 15) is 0 Å². The standard InChI is InChI=1S/C27H26P/c1-23-17-19-25(20-18-23)22-28(26-13-7-3-8-14-26,27-15-9-4-10-16-27)21-24-11-5-2-6-12-24/h2-20H,21-22H2,1H3/q+1. The molecule has 0 amide bonds. The first-order valence-electron chi connectivity index (χ1n) is 9.84. The highest BCUT2D eigenvalue weighted by Crippen LogP contribution is 2.61. The van der Waals surface area contributed by atoms with Crippen LogP contribution < -0.4 is 10.6 Å². The van der Waals surface area contributed by atoms with Crippen molar-refractivity contribution in [1.82, 2.24) is 0 Å². The Morgan fingerprint density at radius 3 is 1.32 bits per heavy atom. The topological polar surface area (TPSA) is 0 Å². The summed E-state index contributed by atoms with van der Waals surface area (Å²) < 4.78 is 0. The van der Waals surface area contributed by atoms with E-state index < -0.39 is 7.26 Å². The average molecular weight is 381 g/mol. The Labute approximate surface area is 169 Å². The van der Waals surface area contributed by atoms with E-state index >= 15 is 0 Å². The predicted octanol–water partition coefficient (Wildman–Crippen LogP) is 6.36. The summed E-state index contributed by atoms with van der Waals surface area (Å²) in [5.74, 6) is 0. The molecule has 4 aromatic carbocycles. The molecule has 1 heteroatoms. The first kappa shape index (κ1) is 18.7. The van der Waals surface area contributed by atoms with Gasteiger partial charge in [0.2, 0.25) is 0 Å². The first-order valence-corrected chi connectivity index (χ1v) is 12.0. The lowest BCUT2D eigenvalue weighted by Crippen LogP contribution is -2.25. The highest BCUT2D eigenvalue weighted by Gasteiger charge is 2.42. The second kappa shape index (κ2) is 8.55.